The van der Waals surface area contributed by atoms with E-state index in [1.165, 1.54) is 6.33 Å². The summed E-state index contributed by atoms with van der Waals surface area (Å²) < 4.78 is 1.63. The summed E-state index contributed by atoms with van der Waals surface area (Å²) in [5, 5.41) is 8.47. The Kier molecular flexibility index (Phi) is 3.19. The van der Waals surface area contributed by atoms with E-state index < -0.39 is 6.04 Å². The number of nitrogens with zero attached hydrogens (tertiary/aromatic N) is 3. The molecule has 0 bridgehead atoms. The number of hydrogen-bond donors (Lipinski definition) is 2. The third-order valence-electron chi connectivity index (χ3n) is 5.35. The quantitative estimate of drug-likeness (QED) is 0.695. The van der Waals surface area contributed by atoms with Crippen LogP contribution in [-0.4, -0.2) is 25.5 Å². The molecule has 7 heteroatoms. The number of hydrogen-bond acceptors (Lipinski definition) is 5. The van der Waals surface area contributed by atoms with Gasteiger partial charge in [-0.3, -0.25) is 9.59 Å². The second kappa shape index (κ2) is 5.39. The maximum atomic E-state index is 13.1. The number of carbonyl (C=O) groups excluding carboxylic acids is 1. The number of carbonyl (C=O) groups is 1. The Labute approximate surface area is 155 Å². The number of pyridine rings is 1. The lowest BCUT2D eigenvalue weighted by molar-refractivity contribution is -0.118. The van der Waals surface area contributed by atoms with Gasteiger partial charge in [-0.05, 0) is 29.4 Å². The van der Waals surface area contributed by atoms with Gasteiger partial charge in [-0.15, -0.1) is 0 Å². The molecule has 0 amide bonds. The van der Waals surface area contributed by atoms with E-state index in [1.807, 2.05) is 30.3 Å². The number of para-hydroxylation sites is 1. The number of fused-ring (bicyclic) bond motifs is 2. The van der Waals surface area contributed by atoms with Crippen molar-refractivity contribution in [3.05, 3.63) is 63.8 Å². The van der Waals surface area contributed by atoms with Crippen molar-refractivity contribution in [1.82, 2.24) is 19.7 Å². The van der Waals surface area contributed by atoms with E-state index in [2.05, 4.69) is 34.2 Å². The van der Waals surface area contributed by atoms with Gasteiger partial charge in [0, 0.05) is 28.8 Å². The number of benzene rings is 1. The fraction of sp³-hybridized carbons (Fsp3) is 0.300. The lowest BCUT2D eigenvalue weighted by Gasteiger charge is -2.38. The largest absolute Gasteiger partial charge is 0.328 e. The molecule has 136 valence electrons. The van der Waals surface area contributed by atoms with E-state index >= 15 is 0 Å². The highest BCUT2D eigenvalue weighted by Gasteiger charge is 2.42. The number of nitrogens with one attached hydrogen (secondary N) is 2. The van der Waals surface area contributed by atoms with Gasteiger partial charge < -0.3 is 10.3 Å². The van der Waals surface area contributed by atoms with E-state index in [0.29, 0.717) is 23.5 Å². The second-order valence-corrected chi connectivity index (χ2v) is 8.03. The molecule has 5 rings (SSSR count). The van der Waals surface area contributed by atoms with E-state index in [0.717, 1.165) is 23.0 Å². The van der Waals surface area contributed by atoms with Crippen molar-refractivity contribution < 1.29 is 4.79 Å². The summed E-state index contributed by atoms with van der Waals surface area (Å²) in [5.41, 5.74) is 2.38. The van der Waals surface area contributed by atoms with Crippen LogP contribution in [0, 0.1) is 5.41 Å². The fourth-order valence-electron chi connectivity index (χ4n) is 4.20. The summed E-state index contributed by atoms with van der Waals surface area (Å²) in [4.78, 5) is 33.2. The van der Waals surface area contributed by atoms with Gasteiger partial charge in [0.05, 0.1) is 0 Å². The van der Waals surface area contributed by atoms with Gasteiger partial charge in [0.15, 0.2) is 5.78 Å². The zero-order valence-electron chi connectivity index (χ0n) is 15.1. The molecule has 0 saturated heterocycles. The molecule has 1 aliphatic heterocycles. The first kappa shape index (κ1) is 16.0. The first-order valence-corrected chi connectivity index (χ1v) is 8.98. The molecule has 3 aromatic rings. The van der Waals surface area contributed by atoms with Gasteiger partial charge in [0.2, 0.25) is 5.95 Å². The van der Waals surface area contributed by atoms with Gasteiger partial charge in [-0.2, -0.15) is 10.1 Å². The van der Waals surface area contributed by atoms with Gasteiger partial charge in [-0.25, -0.2) is 4.68 Å². The van der Waals surface area contributed by atoms with Crippen LogP contribution in [0.2, 0.25) is 0 Å². The highest BCUT2D eigenvalue weighted by Crippen LogP contribution is 2.44. The summed E-state index contributed by atoms with van der Waals surface area (Å²) in [7, 11) is 0. The van der Waals surface area contributed by atoms with Crippen molar-refractivity contribution >= 4 is 22.6 Å². The first-order valence-electron chi connectivity index (χ1n) is 8.98. The summed E-state index contributed by atoms with van der Waals surface area (Å²) in [6.07, 6.45) is 2.61. The molecule has 0 saturated carbocycles. The zero-order chi connectivity index (χ0) is 18.8. The molecule has 1 aliphatic carbocycles. The monoisotopic (exact) mass is 361 g/mol. The maximum absolute atomic E-state index is 13.1. The standard InChI is InChI=1S/C20H19N5O2/c1-20(2)8-14-16(15(26)9-20)17(25-19(24-14)21-10-22-25)12-7-11-5-3-4-6-13(11)23-18(12)27/h3-7,10,17H,8-9H2,1-2H3,(H,23,27)(H,21,22,24). The number of Topliss-reactive ketones (excluding diaryl/α,β-unsaturated/α-hetero) is 1. The van der Waals surface area contributed by atoms with Gasteiger partial charge in [0.25, 0.3) is 5.56 Å². The van der Waals surface area contributed by atoms with Crippen LogP contribution in [0.4, 0.5) is 5.95 Å². The molecule has 3 heterocycles. The maximum Gasteiger partial charge on any atom is 0.254 e. The van der Waals surface area contributed by atoms with Crippen molar-refractivity contribution in [3.63, 3.8) is 0 Å². The highest BCUT2D eigenvalue weighted by atomic mass is 16.1. The van der Waals surface area contributed by atoms with Crippen LogP contribution < -0.4 is 10.9 Å². The lowest BCUT2D eigenvalue weighted by Crippen LogP contribution is -2.38. The molecular formula is C20H19N5O2. The van der Waals surface area contributed by atoms with E-state index in [9.17, 15) is 9.59 Å². The van der Waals surface area contributed by atoms with Crippen molar-refractivity contribution in [3.8, 4) is 0 Å². The lowest BCUT2D eigenvalue weighted by atomic mass is 9.73. The van der Waals surface area contributed by atoms with E-state index in [4.69, 9.17) is 0 Å². The number of aromatic amines is 1. The Bertz CT molecular complexity index is 1180. The Balaban J connectivity index is 1.77. The molecule has 1 aromatic carbocycles. The van der Waals surface area contributed by atoms with Crippen LogP contribution in [-0.2, 0) is 4.79 Å². The minimum Gasteiger partial charge on any atom is -0.328 e. The van der Waals surface area contributed by atoms with Crippen LogP contribution in [0.25, 0.3) is 10.9 Å². The third kappa shape index (κ3) is 2.42. The van der Waals surface area contributed by atoms with Crippen LogP contribution in [0.5, 0.6) is 0 Å². The minimum absolute atomic E-state index is 0.0486. The van der Waals surface area contributed by atoms with E-state index in [1.54, 1.807) is 4.68 Å². The Morgan fingerprint density at radius 3 is 2.85 bits per heavy atom. The summed E-state index contributed by atoms with van der Waals surface area (Å²) in [5.74, 6) is 0.601. The minimum atomic E-state index is -0.573. The van der Waals surface area contributed by atoms with Crippen molar-refractivity contribution in [2.75, 3.05) is 5.32 Å². The van der Waals surface area contributed by atoms with Gasteiger partial charge in [0.1, 0.15) is 12.4 Å². The number of aromatic nitrogens is 4. The smallest absolute Gasteiger partial charge is 0.254 e. The van der Waals surface area contributed by atoms with Crippen LogP contribution in [0.1, 0.15) is 38.3 Å². The molecule has 2 N–H and O–H groups in total. The van der Waals surface area contributed by atoms with Crippen LogP contribution in [0.15, 0.2) is 52.7 Å². The summed E-state index contributed by atoms with van der Waals surface area (Å²) in [6.45, 7) is 4.15. The Morgan fingerprint density at radius 2 is 2.00 bits per heavy atom. The topological polar surface area (TPSA) is 92.7 Å². The molecular weight excluding hydrogens is 342 g/mol. The molecule has 7 nitrogen and oxygen atoms in total. The van der Waals surface area contributed by atoms with Crippen molar-refractivity contribution in [1.29, 1.82) is 0 Å². The predicted octanol–water partition coefficient (Wildman–Crippen LogP) is 2.78. The Hall–Kier alpha value is -3.22. The van der Waals surface area contributed by atoms with Crippen molar-refractivity contribution in [2.24, 2.45) is 5.41 Å². The summed E-state index contributed by atoms with van der Waals surface area (Å²) in [6, 6.07) is 8.89. The average Bonchev–Trinajstić information content (AvgIpc) is 3.06. The molecule has 27 heavy (non-hydrogen) atoms. The number of ketones is 1. The number of rotatable bonds is 1. The van der Waals surface area contributed by atoms with Gasteiger partial charge >= 0.3 is 0 Å². The molecule has 2 aromatic heterocycles. The molecule has 0 spiro atoms. The molecule has 0 radical (unpaired) electrons. The average molecular weight is 361 g/mol. The molecule has 1 unspecified atom stereocenters. The number of H-pyrrole nitrogens is 1. The molecule has 1 atom stereocenters. The van der Waals surface area contributed by atoms with Crippen LogP contribution in [0.3, 0.4) is 0 Å². The van der Waals surface area contributed by atoms with Crippen LogP contribution >= 0.6 is 0 Å². The zero-order valence-corrected chi connectivity index (χ0v) is 15.1. The molecule has 0 fully saturated rings. The second-order valence-electron chi connectivity index (χ2n) is 8.03. The molecule has 2 aliphatic rings. The summed E-state index contributed by atoms with van der Waals surface area (Å²) >= 11 is 0. The Morgan fingerprint density at radius 1 is 1.19 bits per heavy atom. The fourth-order valence-corrected chi connectivity index (χ4v) is 4.20. The third-order valence-corrected chi connectivity index (χ3v) is 5.35. The highest BCUT2D eigenvalue weighted by molar-refractivity contribution is 6.00. The first-order chi connectivity index (χ1) is 12.9. The SMILES string of the molecule is CC1(C)CC(=O)C2=C(C1)Nc1ncnn1C2c1cc2ccccc2[nH]c1=O. The number of allylic oxidation sites excluding steroid dienone is 2. The predicted molar refractivity (Wildman–Crippen MR) is 101 cm³/mol. The van der Waals surface area contributed by atoms with Gasteiger partial charge in [-0.1, -0.05) is 32.0 Å². The van der Waals surface area contributed by atoms with E-state index in [-0.39, 0.29) is 16.8 Å². The van der Waals surface area contributed by atoms with Crippen molar-refractivity contribution in [2.45, 2.75) is 32.7 Å². The number of anilines is 1. The normalized spacial score (nSPS) is 21.0.